The highest BCUT2D eigenvalue weighted by atomic mass is 16.2. The van der Waals surface area contributed by atoms with Crippen molar-refractivity contribution >= 4 is 5.91 Å². The van der Waals surface area contributed by atoms with Gasteiger partial charge in [0, 0.05) is 42.8 Å². The fraction of sp³-hybridized carbons (Fsp3) is 0.500. The second kappa shape index (κ2) is 6.63. The van der Waals surface area contributed by atoms with Gasteiger partial charge in [0.25, 0.3) is 0 Å². The quantitative estimate of drug-likeness (QED) is 0.934. The number of fused-ring (bicyclic) bond motifs is 1. The van der Waals surface area contributed by atoms with E-state index < -0.39 is 0 Å². The molecule has 1 N–H and O–H groups in total. The molecule has 0 aromatic carbocycles. The van der Waals surface area contributed by atoms with Crippen LogP contribution < -0.4 is 5.69 Å². The van der Waals surface area contributed by atoms with Crippen molar-refractivity contribution in [1.29, 1.82) is 0 Å². The predicted molar refractivity (Wildman–Crippen MR) is 91.8 cm³/mol. The normalized spacial score (nSPS) is 17.0. The molecule has 0 fully saturated rings. The Morgan fingerprint density at radius 1 is 1.38 bits per heavy atom. The average Bonchev–Trinajstić information content (AvgIpc) is 3.01. The topological polar surface area (TPSA) is 71.0 Å². The molecule has 6 nitrogen and oxygen atoms in total. The molecule has 3 rings (SSSR count). The molecule has 0 aliphatic carbocycles. The van der Waals surface area contributed by atoms with Crippen LogP contribution in [0.1, 0.15) is 48.5 Å². The highest BCUT2D eigenvalue weighted by molar-refractivity contribution is 5.77. The minimum atomic E-state index is -0.331. The zero-order valence-corrected chi connectivity index (χ0v) is 14.5. The van der Waals surface area contributed by atoms with E-state index in [2.05, 4.69) is 33.7 Å². The van der Waals surface area contributed by atoms with Crippen molar-refractivity contribution in [3.63, 3.8) is 0 Å². The van der Waals surface area contributed by atoms with Gasteiger partial charge in [-0.05, 0) is 44.4 Å². The lowest BCUT2D eigenvalue weighted by molar-refractivity contribution is -0.134. The van der Waals surface area contributed by atoms with Gasteiger partial charge in [0.05, 0.1) is 6.04 Å². The number of aromatic amines is 1. The standard InChI is InChI=1S/C18H24N4O2/c1-4-15-16-6-5-9-21(16)10-11-22(15)17(23)8-7-14-12(2)19-18(24)20-13(14)3/h5-6,9,15H,4,7-8,10-11H2,1-3H3,(H,19,20,24). The number of amides is 1. The van der Waals surface area contributed by atoms with E-state index in [1.807, 2.05) is 24.8 Å². The van der Waals surface area contributed by atoms with Crippen LogP contribution in [0.3, 0.4) is 0 Å². The number of hydrogen-bond acceptors (Lipinski definition) is 3. The summed E-state index contributed by atoms with van der Waals surface area (Å²) in [6, 6.07) is 4.30. The number of carbonyl (C=O) groups excluding carboxylic acids is 1. The number of rotatable bonds is 4. The highest BCUT2D eigenvalue weighted by Gasteiger charge is 2.29. The Labute approximate surface area is 141 Å². The van der Waals surface area contributed by atoms with Crippen LogP contribution in [0, 0.1) is 13.8 Å². The first-order chi connectivity index (χ1) is 11.5. The van der Waals surface area contributed by atoms with E-state index in [0.29, 0.717) is 18.5 Å². The number of aryl methyl sites for hydroxylation is 2. The molecule has 1 unspecified atom stereocenters. The average molecular weight is 328 g/mol. The fourth-order valence-electron chi connectivity index (χ4n) is 3.69. The van der Waals surface area contributed by atoms with Crippen molar-refractivity contribution < 1.29 is 4.79 Å². The van der Waals surface area contributed by atoms with E-state index in [0.717, 1.165) is 30.8 Å². The van der Waals surface area contributed by atoms with Crippen molar-refractivity contribution in [2.75, 3.05) is 6.54 Å². The van der Waals surface area contributed by atoms with Crippen molar-refractivity contribution in [2.24, 2.45) is 0 Å². The number of hydrogen-bond donors (Lipinski definition) is 1. The van der Waals surface area contributed by atoms with Crippen molar-refractivity contribution in [3.05, 3.63) is 51.5 Å². The molecule has 0 saturated heterocycles. The third kappa shape index (κ3) is 3.00. The molecule has 2 aromatic heterocycles. The molecule has 0 bridgehead atoms. The molecule has 0 spiro atoms. The molecular weight excluding hydrogens is 304 g/mol. The number of nitrogens with one attached hydrogen (secondary N) is 1. The molecule has 3 heterocycles. The van der Waals surface area contributed by atoms with Crippen LogP contribution >= 0.6 is 0 Å². The molecule has 1 atom stereocenters. The summed E-state index contributed by atoms with van der Waals surface area (Å²) < 4.78 is 2.23. The molecule has 0 saturated carbocycles. The largest absolute Gasteiger partial charge is 0.348 e. The van der Waals surface area contributed by atoms with Gasteiger partial charge in [-0.3, -0.25) is 4.79 Å². The zero-order chi connectivity index (χ0) is 17.3. The van der Waals surface area contributed by atoms with Gasteiger partial charge in [0.2, 0.25) is 5.91 Å². The van der Waals surface area contributed by atoms with Gasteiger partial charge >= 0.3 is 5.69 Å². The lowest BCUT2D eigenvalue weighted by atomic mass is 10.0. The maximum Gasteiger partial charge on any atom is 0.345 e. The minimum Gasteiger partial charge on any atom is -0.348 e. The van der Waals surface area contributed by atoms with Crippen molar-refractivity contribution in [2.45, 2.75) is 52.6 Å². The van der Waals surface area contributed by atoms with Crippen molar-refractivity contribution in [3.8, 4) is 0 Å². The van der Waals surface area contributed by atoms with E-state index in [1.165, 1.54) is 5.69 Å². The van der Waals surface area contributed by atoms with Gasteiger partial charge in [-0.25, -0.2) is 4.79 Å². The Kier molecular flexibility index (Phi) is 4.55. The summed E-state index contributed by atoms with van der Waals surface area (Å²) in [6.07, 6.45) is 4.04. The Morgan fingerprint density at radius 3 is 2.88 bits per heavy atom. The van der Waals surface area contributed by atoms with Crippen LogP contribution in [0.4, 0.5) is 0 Å². The van der Waals surface area contributed by atoms with Gasteiger partial charge in [-0.1, -0.05) is 6.92 Å². The Hall–Kier alpha value is -2.37. The Balaban J connectivity index is 1.73. The molecule has 24 heavy (non-hydrogen) atoms. The maximum absolute atomic E-state index is 12.8. The Bertz CT molecular complexity index is 779. The first-order valence-electron chi connectivity index (χ1n) is 8.52. The molecule has 128 valence electrons. The fourth-order valence-corrected chi connectivity index (χ4v) is 3.69. The van der Waals surface area contributed by atoms with Crippen LogP contribution in [0.25, 0.3) is 0 Å². The summed E-state index contributed by atoms with van der Waals surface area (Å²) in [4.78, 5) is 32.8. The number of nitrogens with zero attached hydrogens (tertiary/aromatic N) is 3. The molecular formula is C18H24N4O2. The smallest absolute Gasteiger partial charge is 0.345 e. The molecule has 2 aromatic rings. The molecule has 1 amide bonds. The summed E-state index contributed by atoms with van der Waals surface area (Å²) >= 11 is 0. The second-order valence-corrected chi connectivity index (χ2v) is 6.37. The first kappa shape index (κ1) is 16.5. The summed E-state index contributed by atoms with van der Waals surface area (Å²) in [7, 11) is 0. The minimum absolute atomic E-state index is 0.150. The molecule has 0 radical (unpaired) electrons. The number of aromatic nitrogens is 3. The van der Waals surface area contributed by atoms with Crippen molar-refractivity contribution in [1.82, 2.24) is 19.4 Å². The zero-order valence-electron chi connectivity index (χ0n) is 14.5. The van der Waals surface area contributed by atoms with Gasteiger partial charge in [-0.2, -0.15) is 4.98 Å². The molecule has 1 aliphatic rings. The van der Waals surface area contributed by atoms with E-state index in [9.17, 15) is 9.59 Å². The monoisotopic (exact) mass is 328 g/mol. The highest BCUT2D eigenvalue weighted by Crippen LogP contribution is 2.29. The lowest BCUT2D eigenvalue weighted by Crippen LogP contribution is -2.41. The van der Waals surface area contributed by atoms with Gasteiger partial charge in [0.15, 0.2) is 0 Å². The van der Waals surface area contributed by atoms with Crippen LogP contribution in [-0.4, -0.2) is 31.9 Å². The first-order valence-corrected chi connectivity index (χ1v) is 8.52. The molecule has 6 heteroatoms. The third-order valence-electron chi connectivity index (χ3n) is 4.91. The maximum atomic E-state index is 12.8. The Morgan fingerprint density at radius 2 is 2.17 bits per heavy atom. The van der Waals surface area contributed by atoms with E-state index >= 15 is 0 Å². The van der Waals surface area contributed by atoms with Gasteiger partial charge in [0.1, 0.15) is 0 Å². The van der Waals surface area contributed by atoms with Crippen LogP contribution in [0.15, 0.2) is 23.1 Å². The SMILES string of the molecule is CCC1c2cccn2CCN1C(=O)CCc1c(C)nc(=O)[nH]c1C. The van der Waals surface area contributed by atoms with E-state index in [4.69, 9.17) is 0 Å². The number of carbonyl (C=O) groups is 1. The van der Waals surface area contributed by atoms with Crippen LogP contribution in [0.2, 0.25) is 0 Å². The van der Waals surface area contributed by atoms with Gasteiger partial charge in [-0.15, -0.1) is 0 Å². The lowest BCUT2D eigenvalue weighted by Gasteiger charge is -2.36. The predicted octanol–water partition coefficient (Wildman–Crippen LogP) is 2.11. The third-order valence-corrected chi connectivity index (χ3v) is 4.91. The summed E-state index contributed by atoms with van der Waals surface area (Å²) in [6.45, 7) is 7.40. The van der Waals surface area contributed by atoms with Gasteiger partial charge < -0.3 is 14.5 Å². The van der Waals surface area contributed by atoms with E-state index in [1.54, 1.807) is 0 Å². The number of H-pyrrole nitrogens is 1. The molecule has 1 aliphatic heterocycles. The van der Waals surface area contributed by atoms with Crippen LogP contribution in [-0.2, 0) is 17.8 Å². The summed E-state index contributed by atoms with van der Waals surface area (Å²) in [5.74, 6) is 0.166. The van der Waals surface area contributed by atoms with Crippen LogP contribution in [0.5, 0.6) is 0 Å². The second-order valence-electron chi connectivity index (χ2n) is 6.37. The summed E-state index contributed by atoms with van der Waals surface area (Å²) in [5.41, 5.74) is 3.37. The van der Waals surface area contributed by atoms with E-state index in [-0.39, 0.29) is 17.6 Å². The summed E-state index contributed by atoms with van der Waals surface area (Å²) in [5, 5.41) is 0.